The molecule has 2 saturated carbocycles. The van der Waals surface area contributed by atoms with E-state index >= 15 is 0 Å². The highest BCUT2D eigenvalue weighted by Gasteiger charge is 2.31. The second-order valence-corrected chi connectivity index (χ2v) is 7.86. The van der Waals surface area contributed by atoms with Crippen molar-refractivity contribution in [2.24, 2.45) is 17.8 Å². The van der Waals surface area contributed by atoms with Crippen LogP contribution in [-0.2, 0) is 0 Å². The molecule has 0 N–H and O–H groups in total. The fourth-order valence-corrected chi connectivity index (χ4v) is 4.81. The third-order valence-electron chi connectivity index (χ3n) is 6.35. The van der Waals surface area contributed by atoms with Crippen molar-refractivity contribution in [3.63, 3.8) is 0 Å². The van der Waals surface area contributed by atoms with E-state index in [4.69, 9.17) is 0 Å². The summed E-state index contributed by atoms with van der Waals surface area (Å²) in [5, 5.41) is 0. The summed E-state index contributed by atoms with van der Waals surface area (Å²) in [6, 6.07) is 2.45. The SMILES string of the molecule is C=CC1CCC(C2CCC(c3cc(F)c(OC=C(F)F)c(F)c3)CC2)CC1. The van der Waals surface area contributed by atoms with Gasteiger partial charge in [-0.05, 0) is 92.7 Å². The highest BCUT2D eigenvalue weighted by atomic mass is 19.3. The predicted molar refractivity (Wildman–Crippen MR) is 97.6 cm³/mol. The summed E-state index contributed by atoms with van der Waals surface area (Å²) in [6.45, 7) is 3.90. The van der Waals surface area contributed by atoms with Crippen LogP contribution in [0.3, 0.4) is 0 Å². The van der Waals surface area contributed by atoms with Crippen molar-refractivity contribution in [3.8, 4) is 5.75 Å². The third kappa shape index (κ3) is 4.94. The van der Waals surface area contributed by atoms with Crippen molar-refractivity contribution in [2.75, 3.05) is 0 Å². The third-order valence-corrected chi connectivity index (χ3v) is 6.35. The van der Waals surface area contributed by atoms with E-state index in [2.05, 4.69) is 17.4 Å². The molecular weight excluding hydrogens is 356 g/mol. The number of allylic oxidation sites excluding steroid dienone is 1. The van der Waals surface area contributed by atoms with Gasteiger partial charge in [0.2, 0.25) is 0 Å². The van der Waals surface area contributed by atoms with Crippen molar-refractivity contribution in [1.82, 2.24) is 0 Å². The number of hydrogen-bond acceptors (Lipinski definition) is 1. The standard InChI is InChI=1S/C22H26F4O/c1-2-14-3-5-15(6-4-14)16-7-9-17(10-8-16)18-11-19(23)22(20(24)12-18)27-13-21(25)26/h2,11-17H,1,3-10H2. The van der Waals surface area contributed by atoms with Crippen LogP contribution in [0.25, 0.3) is 0 Å². The molecule has 0 spiro atoms. The second-order valence-electron chi connectivity index (χ2n) is 7.86. The van der Waals surface area contributed by atoms with Gasteiger partial charge in [0.1, 0.15) is 0 Å². The lowest BCUT2D eigenvalue weighted by atomic mass is 9.68. The summed E-state index contributed by atoms with van der Waals surface area (Å²) in [7, 11) is 0. The van der Waals surface area contributed by atoms with Crippen LogP contribution in [0.1, 0.15) is 62.8 Å². The van der Waals surface area contributed by atoms with Gasteiger partial charge in [-0.3, -0.25) is 0 Å². The maximum atomic E-state index is 14.1. The van der Waals surface area contributed by atoms with Gasteiger partial charge in [-0.1, -0.05) is 6.08 Å². The zero-order chi connectivity index (χ0) is 19.4. The van der Waals surface area contributed by atoms with Gasteiger partial charge in [-0.2, -0.15) is 8.78 Å². The van der Waals surface area contributed by atoms with Crippen molar-refractivity contribution >= 4 is 0 Å². The summed E-state index contributed by atoms with van der Waals surface area (Å²) in [6.07, 6.45) is 8.89. The molecule has 148 valence electrons. The number of ether oxygens (including phenoxy) is 1. The van der Waals surface area contributed by atoms with E-state index in [0.29, 0.717) is 17.4 Å². The molecule has 0 aliphatic heterocycles. The molecule has 0 amide bonds. The Balaban J connectivity index is 1.59. The number of hydrogen-bond donors (Lipinski definition) is 0. The van der Waals surface area contributed by atoms with Gasteiger partial charge < -0.3 is 4.74 Å². The van der Waals surface area contributed by atoms with E-state index in [1.165, 1.54) is 37.8 Å². The van der Waals surface area contributed by atoms with Gasteiger partial charge in [0.05, 0.1) is 0 Å². The van der Waals surface area contributed by atoms with Gasteiger partial charge in [0, 0.05) is 0 Å². The molecule has 1 aromatic carbocycles. The van der Waals surface area contributed by atoms with Crippen molar-refractivity contribution in [2.45, 2.75) is 57.3 Å². The molecule has 0 atom stereocenters. The minimum atomic E-state index is -2.14. The molecule has 0 radical (unpaired) electrons. The number of halogens is 4. The summed E-state index contributed by atoms with van der Waals surface area (Å²) in [5.41, 5.74) is 0.593. The first kappa shape index (κ1) is 20.0. The first-order valence-corrected chi connectivity index (χ1v) is 9.77. The summed E-state index contributed by atoms with van der Waals surface area (Å²) >= 11 is 0. The molecule has 2 aliphatic rings. The predicted octanol–water partition coefficient (Wildman–Crippen LogP) is 7.35. The van der Waals surface area contributed by atoms with E-state index < -0.39 is 23.5 Å². The molecule has 1 nitrogen and oxygen atoms in total. The molecule has 0 heterocycles. The molecular formula is C22H26F4O. The minimum Gasteiger partial charge on any atom is -0.453 e. The van der Waals surface area contributed by atoms with E-state index in [1.54, 1.807) is 0 Å². The molecule has 2 aliphatic carbocycles. The minimum absolute atomic E-state index is 0.0491. The Labute approximate surface area is 158 Å². The van der Waals surface area contributed by atoms with Crippen molar-refractivity contribution in [3.05, 3.63) is 54.3 Å². The van der Waals surface area contributed by atoms with Crippen LogP contribution in [0, 0.1) is 29.4 Å². The Bertz CT molecular complexity index is 657. The van der Waals surface area contributed by atoms with E-state index in [-0.39, 0.29) is 12.2 Å². The van der Waals surface area contributed by atoms with Crippen LogP contribution in [0.5, 0.6) is 5.75 Å². The highest BCUT2D eigenvalue weighted by Crippen LogP contribution is 2.44. The van der Waals surface area contributed by atoms with Crippen LogP contribution in [0.15, 0.2) is 37.1 Å². The molecule has 1 aromatic rings. The highest BCUT2D eigenvalue weighted by molar-refractivity contribution is 5.34. The van der Waals surface area contributed by atoms with Crippen molar-refractivity contribution in [1.29, 1.82) is 0 Å². The van der Waals surface area contributed by atoms with Gasteiger partial charge in [0.15, 0.2) is 23.6 Å². The average Bonchev–Trinajstić information content (AvgIpc) is 2.67. The van der Waals surface area contributed by atoms with Gasteiger partial charge in [0.25, 0.3) is 0 Å². The molecule has 5 heteroatoms. The van der Waals surface area contributed by atoms with E-state index in [1.807, 2.05) is 0 Å². The monoisotopic (exact) mass is 382 g/mol. The maximum Gasteiger partial charge on any atom is 0.305 e. The van der Waals surface area contributed by atoms with Crippen LogP contribution in [-0.4, -0.2) is 0 Å². The first-order valence-electron chi connectivity index (χ1n) is 9.77. The van der Waals surface area contributed by atoms with Crippen LogP contribution in [0.4, 0.5) is 17.6 Å². The van der Waals surface area contributed by atoms with Crippen LogP contribution >= 0.6 is 0 Å². The number of rotatable bonds is 5. The first-order chi connectivity index (χ1) is 13.0. The number of benzene rings is 1. The Kier molecular flexibility index (Phi) is 6.61. The lowest BCUT2D eigenvalue weighted by molar-refractivity contribution is 0.171. The molecule has 27 heavy (non-hydrogen) atoms. The van der Waals surface area contributed by atoms with Crippen LogP contribution < -0.4 is 4.74 Å². The van der Waals surface area contributed by atoms with Gasteiger partial charge in [-0.15, -0.1) is 6.58 Å². The largest absolute Gasteiger partial charge is 0.453 e. The summed E-state index contributed by atoms with van der Waals surface area (Å²) < 4.78 is 56.8. The Hall–Kier alpha value is -1.78. The summed E-state index contributed by atoms with van der Waals surface area (Å²) in [4.78, 5) is 0. The Morgan fingerprint density at radius 1 is 0.889 bits per heavy atom. The molecule has 0 unspecified atom stereocenters. The van der Waals surface area contributed by atoms with Gasteiger partial charge in [-0.25, -0.2) is 8.78 Å². The quantitative estimate of drug-likeness (QED) is 0.294. The lowest BCUT2D eigenvalue weighted by Gasteiger charge is -2.37. The van der Waals surface area contributed by atoms with Crippen LogP contribution in [0.2, 0.25) is 0 Å². The zero-order valence-corrected chi connectivity index (χ0v) is 15.4. The maximum absolute atomic E-state index is 14.1. The lowest BCUT2D eigenvalue weighted by Crippen LogP contribution is -2.25. The molecule has 0 saturated heterocycles. The fourth-order valence-electron chi connectivity index (χ4n) is 4.81. The van der Waals surface area contributed by atoms with Crippen molar-refractivity contribution < 1.29 is 22.3 Å². The van der Waals surface area contributed by atoms with E-state index in [9.17, 15) is 17.6 Å². The second kappa shape index (κ2) is 8.94. The van der Waals surface area contributed by atoms with Gasteiger partial charge >= 0.3 is 6.08 Å². The van der Waals surface area contributed by atoms with E-state index in [0.717, 1.165) is 31.6 Å². The smallest absolute Gasteiger partial charge is 0.305 e. The normalized spacial score (nSPS) is 28.4. The average molecular weight is 382 g/mol. The molecule has 3 rings (SSSR count). The summed E-state index contributed by atoms with van der Waals surface area (Å²) in [5.74, 6) is -0.433. The Morgan fingerprint density at radius 2 is 1.41 bits per heavy atom. The molecule has 2 fully saturated rings. The topological polar surface area (TPSA) is 9.23 Å². The fraction of sp³-hybridized carbons (Fsp3) is 0.545. The molecule has 0 aromatic heterocycles. The Morgan fingerprint density at radius 3 is 1.89 bits per heavy atom. The molecule has 0 bridgehead atoms. The zero-order valence-electron chi connectivity index (χ0n) is 15.4.